The minimum Gasteiger partial charge on any atom is -0.243 e. The van der Waals surface area contributed by atoms with Crippen LogP contribution in [-0.4, -0.2) is 26.1 Å². The zero-order chi connectivity index (χ0) is 36.7. The SMILES string of the molecule is CC(C)[Si](C#Cc1c2cc3ccccc3cc2c(C#C[Si](C(C)C)(C(C)C)C(C)C)c2nc3cc(C#N)c(C#N)cc3nc12)(C(C)C)C(C)C. The van der Waals surface area contributed by atoms with E-state index in [0.29, 0.717) is 66.4 Å². The lowest BCUT2D eigenvalue weighted by atomic mass is 9.94. The Morgan fingerprint density at radius 2 is 0.820 bits per heavy atom. The van der Waals surface area contributed by atoms with E-state index >= 15 is 0 Å². The molecule has 0 saturated heterocycles. The predicted molar refractivity (Wildman–Crippen MR) is 217 cm³/mol. The second-order valence-corrected chi connectivity index (χ2v) is 27.0. The molecular weight excluding hydrogens is 641 g/mol. The van der Waals surface area contributed by atoms with Crippen LogP contribution in [0.5, 0.6) is 0 Å². The van der Waals surface area contributed by atoms with Crippen LogP contribution in [0.2, 0.25) is 33.2 Å². The molecule has 0 unspecified atom stereocenters. The first-order valence-corrected chi connectivity index (χ1v) is 22.6. The van der Waals surface area contributed by atoms with Crippen molar-refractivity contribution in [2.75, 3.05) is 0 Å². The van der Waals surface area contributed by atoms with Crippen molar-refractivity contribution in [3.05, 3.63) is 70.8 Å². The molecule has 0 aliphatic rings. The van der Waals surface area contributed by atoms with Gasteiger partial charge < -0.3 is 0 Å². The predicted octanol–water partition coefficient (Wildman–Crippen LogP) is 12.0. The van der Waals surface area contributed by atoms with E-state index in [1.807, 2.05) is 0 Å². The molecule has 0 amide bonds. The van der Waals surface area contributed by atoms with Crippen molar-refractivity contribution < 1.29 is 0 Å². The maximum atomic E-state index is 9.89. The van der Waals surface area contributed by atoms with Crippen LogP contribution in [0.4, 0.5) is 0 Å². The molecule has 0 N–H and O–H groups in total. The van der Waals surface area contributed by atoms with E-state index in [-0.39, 0.29) is 0 Å². The molecule has 5 rings (SSSR count). The van der Waals surface area contributed by atoms with Gasteiger partial charge >= 0.3 is 0 Å². The third-order valence-electron chi connectivity index (χ3n) is 11.5. The maximum Gasteiger partial charge on any atom is 0.146 e. The van der Waals surface area contributed by atoms with Gasteiger partial charge in [0.05, 0.1) is 33.3 Å². The molecule has 0 spiro atoms. The highest BCUT2D eigenvalue weighted by atomic mass is 28.3. The summed E-state index contributed by atoms with van der Waals surface area (Å²) in [6, 6.07) is 20.7. The van der Waals surface area contributed by atoms with Crippen LogP contribution in [0.3, 0.4) is 0 Å². The molecule has 0 fully saturated rings. The highest BCUT2D eigenvalue weighted by molar-refractivity contribution is 6.91. The topological polar surface area (TPSA) is 73.4 Å². The van der Waals surface area contributed by atoms with Crippen molar-refractivity contribution in [3.8, 4) is 35.1 Å². The fraction of sp³-hybridized carbons (Fsp3) is 0.409. The minimum atomic E-state index is -2.12. The number of hydrogen-bond donors (Lipinski definition) is 0. The van der Waals surface area contributed by atoms with Gasteiger partial charge in [0.2, 0.25) is 0 Å². The molecule has 1 heterocycles. The van der Waals surface area contributed by atoms with Crippen LogP contribution < -0.4 is 0 Å². The number of nitrogens with zero attached hydrogens (tertiary/aromatic N) is 4. The van der Waals surface area contributed by atoms with Gasteiger partial charge in [-0.25, -0.2) is 9.97 Å². The molecule has 254 valence electrons. The summed E-state index contributed by atoms with van der Waals surface area (Å²) in [6.07, 6.45) is 0. The standard InChI is InChI=1S/C44H50N4Si2/c1-27(2)49(28(3)4,29(5)6)19-17-37-39-21-33-15-13-14-16-34(33)22-40(39)38(18-20-50(30(7)8,31(9)10)32(11)12)44-43(37)47-41-23-35(25-45)36(26-46)24-42(41)48-44/h13-16,21-24,27-32H,1-12H3. The van der Waals surface area contributed by atoms with Crippen LogP contribution in [0, 0.1) is 45.6 Å². The third kappa shape index (κ3) is 6.00. The maximum absolute atomic E-state index is 9.89. The van der Waals surface area contributed by atoms with Gasteiger partial charge in [-0.1, -0.05) is 119 Å². The highest BCUT2D eigenvalue weighted by Crippen LogP contribution is 2.43. The Bertz CT molecular complexity index is 2140. The number of aromatic nitrogens is 2. The van der Waals surface area contributed by atoms with E-state index in [1.165, 1.54) is 0 Å². The summed E-state index contributed by atoms with van der Waals surface area (Å²) < 4.78 is 0. The van der Waals surface area contributed by atoms with E-state index in [4.69, 9.17) is 9.97 Å². The fourth-order valence-electron chi connectivity index (χ4n) is 9.01. The highest BCUT2D eigenvalue weighted by Gasteiger charge is 2.43. The van der Waals surface area contributed by atoms with E-state index < -0.39 is 16.1 Å². The lowest BCUT2D eigenvalue weighted by Crippen LogP contribution is -2.43. The molecule has 5 aromatic rings. The molecule has 0 atom stereocenters. The second-order valence-electron chi connectivity index (χ2n) is 15.8. The van der Waals surface area contributed by atoms with Crippen molar-refractivity contribution in [2.24, 2.45) is 0 Å². The first-order valence-electron chi connectivity index (χ1n) is 18.1. The minimum absolute atomic E-state index is 0.292. The number of nitriles is 2. The molecule has 6 heteroatoms. The summed E-state index contributed by atoms with van der Waals surface area (Å²) in [4.78, 5) is 10.5. The van der Waals surface area contributed by atoms with Crippen molar-refractivity contribution in [1.29, 1.82) is 10.5 Å². The lowest BCUT2D eigenvalue weighted by molar-refractivity contribution is 0.838. The number of rotatable bonds is 6. The van der Waals surface area contributed by atoms with Crippen LogP contribution in [0.1, 0.15) is 105 Å². The molecule has 50 heavy (non-hydrogen) atoms. The number of fused-ring (bicyclic) bond motifs is 4. The lowest BCUT2D eigenvalue weighted by Gasteiger charge is -2.38. The Labute approximate surface area is 301 Å². The average molecular weight is 691 g/mol. The Morgan fingerprint density at radius 1 is 0.500 bits per heavy atom. The molecule has 0 radical (unpaired) electrons. The summed E-state index contributed by atoms with van der Waals surface area (Å²) in [5, 5.41) is 24.1. The monoisotopic (exact) mass is 690 g/mol. The molecular formula is C44H50N4Si2. The van der Waals surface area contributed by atoms with E-state index in [9.17, 15) is 10.5 Å². The molecule has 0 saturated carbocycles. The van der Waals surface area contributed by atoms with Crippen LogP contribution in [-0.2, 0) is 0 Å². The first kappa shape index (κ1) is 36.8. The normalized spacial score (nSPS) is 12.3. The summed E-state index contributed by atoms with van der Waals surface area (Å²) >= 11 is 0. The van der Waals surface area contributed by atoms with Gasteiger partial charge in [-0.05, 0) is 68.3 Å². The Balaban J connectivity index is 2.08. The zero-order valence-corrected chi connectivity index (χ0v) is 33.9. The molecule has 0 aliphatic carbocycles. The molecule has 1 aromatic heterocycles. The van der Waals surface area contributed by atoms with Crippen molar-refractivity contribution in [3.63, 3.8) is 0 Å². The number of hydrogen-bond acceptors (Lipinski definition) is 4. The van der Waals surface area contributed by atoms with Gasteiger partial charge in [0.1, 0.15) is 39.3 Å². The average Bonchev–Trinajstić information content (AvgIpc) is 3.06. The summed E-state index contributed by atoms with van der Waals surface area (Å²) in [6.45, 7) is 28.0. The Morgan fingerprint density at radius 3 is 1.10 bits per heavy atom. The van der Waals surface area contributed by atoms with Crippen LogP contribution in [0.25, 0.3) is 43.6 Å². The van der Waals surface area contributed by atoms with Gasteiger partial charge in [-0.2, -0.15) is 10.5 Å². The Hall–Kier alpha value is -4.47. The largest absolute Gasteiger partial charge is 0.243 e. The van der Waals surface area contributed by atoms with Gasteiger partial charge in [0, 0.05) is 10.8 Å². The second kappa shape index (κ2) is 14.0. The van der Waals surface area contributed by atoms with Crippen molar-refractivity contribution in [1.82, 2.24) is 9.97 Å². The fourth-order valence-corrected chi connectivity index (χ4v) is 19.4. The summed E-state index contributed by atoms with van der Waals surface area (Å²) in [5.74, 6) is 7.61. The Kier molecular flexibility index (Phi) is 10.3. The molecule has 4 aromatic carbocycles. The van der Waals surface area contributed by atoms with Crippen LogP contribution >= 0.6 is 0 Å². The van der Waals surface area contributed by atoms with E-state index in [1.54, 1.807) is 12.1 Å². The van der Waals surface area contributed by atoms with Gasteiger partial charge in [-0.3, -0.25) is 0 Å². The summed E-state index contributed by atoms with van der Waals surface area (Å²) in [7, 11) is -4.24. The van der Waals surface area contributed by atoms with Gasteiger partial charge in [0.15, 0.2) is 0 Å². The third-order valence-corrected chi connectivity index (χ3v) is 24.1. The smallest absolute Gasteiger partial charge is 0.146 e. The molecule has 0 bridgehead atoms. The molecule has 4 nitrogen and oxygen atoms in total. The van der Waals surface area contributed by atoms with Crippen molar-refractivity contribution in [2.45, 2.75) is 116 Å². The van der Waals surface area contributed by atoms with E-state index in [0.717, 1.165) is 32.7 Å². The number of benzene rings is 4. The summed E-state index contributed by atoms with van der Waals surface area (Å²) in [5.41, 5.74) is 15.6. The van der Waals surface area contributed by atoms with Crippen molar-refractivity contribution >= 4 is 59.8 Å². The molecule has 0 aliphatic heterocycles. The zero-order valence-electron chi connectivity index (χ0n) is 31.9. The van der Waals surface area contributed by atoms with Gasteiger partial charge in [0.25, 0.3) is 0 Å². The van der Waals surface area contributed by atoms with Crippen LogP contribution in [0.15, 0.2) is 48.5 Å². The van der Waals surface area contributed by atoms with E-state index in [2.05, 4.69) is 155 Å². The van der Waals surface area contributed by atoms with Gasteiger partial charge in [-0.15, -0.1) is 11.1 Å². The first-order chi connectivity index (χ1) is 23.6. The quantitative estimate of drug-likeness (QED) is 0.101.